The minimum Gasteiger partial charge on any atom is -0.584 e. The summed E-state index contributed by atoms with van der Waals surface area (Å²) in [7, 11) is 0. The molecule has 0 aromatic rings. The summed E-state index contributed by atoms with van der Waals surface area (Å²) in [4.78, 5) is 0. The molecular weight excluding hydrogens is 279 g/mol. The molecule has 0 spiro atoms. The molecule has 0 aliphatic carbocycles. The van der Waals surface area contributed by atoms with Gasteiger partial charge in [-0.15, -0.1) is 0 Å². The molecule has 0 aromatic carbocycles. The number of rotatable bonds is 0. The van der Waals surface area contributed by atoms with Gasteiger partial charge in [0.25, 0.3) is 0 Å². The minimum atomic E-state index is 0. The van der Waals surface area contributed by atoms with Crippen LogP contribution >= 0.6 is 24.4 Å². The molecule has 0 radical (unpaired) electrons. The molecule has 0 aliphatic heterocycles. The summed E-state index contributed by atoms with van der Waals surface area (Å²) in [6.45, 7) is 0. The summed E-state index contributed by atoms with van der Waals surface area (Å²) in [6, 6.07) is 0. The van der Waals surface area contributed by atoms with Gasteiger partial charge in [-0.1, -0.05) is 0 Å². The van der Waals surface area contributed by atoms with Crippen LogP contribution in [0.4, 0.5) is 0 Å². The Hall–Kier alpha value is -0.0377. The van der Waals surface area contributed by atoms with Crippen molar-refractivity contribution in [3.05, 3.63) is 11.7 Å². The average molecular weight is 287 g/mol. The molecule has 0 aromatic heterocycles. The van der Waals surface area contributed by atoms with Crippen LogP contribution in [0.2, 0.25) is 0 Å². The first-order valence-corrected chi connectivity index (χ1v) is 2.80. The summed E-state index contributed by atoms with van der Waals surface area (Å²) in [5.41, 5.74) is 13.0. The topological polar surface area (TPSA) is 124 Å². The Morgan fingerprint density at radius 3 is 1.09 bits per heavy atom. The van der Waals surface area contributed by atoms with E-state index in [1.165, 1.54) is 0 Å². The van der Waals surface area contributed by atoms with Crippen molar-refractivity contribution in [3.8, 4) is 0 Å². The second-order valence-corrected chi connectivity index (χ2v) is 1.86. The van der Waals surface area contributed by atoms with Crippen LogP contribution in [0.3, 0.4) is 0 Å². The fourth-order valence-corrected chi connectivity index (χ4v) is 0. The van der Waals surface area contributed by atoms with Gasteiger partial charge in [-0.3, -0.25) is 0 Å². The maximum atomic E-state index is 6.14. The van der Waals surface area contributed by atoms with Crippen LogP contribution in [0.1, 0.15) is 0 Å². The number of nitrogens with one attached hydrogen (secondary N) is 4. The molecule has 6 nitrogen and oxygen atoms in total. The third-order valence-electron chi connectivity index (χ3n) is 0.246. The first-order chi connectivity index (χ1) is 4.54. The van der Waals surface area contributed by atoms with Gasteiger partial charge in [0, 0.05) is 0 Å². The Bertz CT molecular complexity index is 103. The van der Waals surface area contributed by atoms with E-state index in [2.05, 4.69) is 24.4 Å². The van der Waals surface area contributed by atoms with Crippen molar-refractivity contribution < 1.29 is 20.4 Å². The Balaban J connectivity index is -0.000000107. The summed E-state index contributed by atoms with van der Waals surface area (Å²) in [6.07, 6.45) is 0. The molecule has 0 atom stereocenters. The van der Waals surface area contributed by atoms with Crippen molar-refractivity contribution in [2.75, 3.05) is 0 Å². The molecule has 0 rings (SSSR count). The first-order valence-electron chi connectivity index (χ1n) is 1.99. The Morgan fingerprint density at radius 2 is 1.09 bits per heavy atom. The van der Waals surface area contributed by atoms with Crippen molar-refractivity contribution >= 4 is 34.7 Å². The van der Waals surface area contributed by atoms with Crippen LogP contribution < -0.4 is 22.3 Å². The molecular formula is C2H8N6PdS2. The number of thiocarbonyl (C=S) groups is 2. The van der Waals surface area contributed by atoms with E-state index in [4.69, 9.17) is 23.2 Å². The normalized spacial score (nSPS) is 6.00. The van der Waals surface area contributed by atoms with E-state index >= 15 is 0 Å². The van der Waals surface area contributed by atoms with E-state index in [1.54, 1.807) is 10.9 Å². The number of nitrogens with two attached hydrogens (primary N) is 2. The van der Waals surface area contributed by atoms with E-state index in [0.717, 1.165) is 0 Å². The summed E-state index contributed by atoms with van der Waals surface area (Å²) in [5.74, 6) is 12.3. The van der Waals surface area contributed by atoms with Crippen molar-refractivity contribution in [3.63, 3.8) is 0 Å². The molecule has 0 heterocycles. The van der Waals surface area contributed by atoms with Crippen LogP contribution in [0.5, 0.6) is 0 Å². The van der Waals surface area contributed by atoms with E-state index in [-0.39, 0.29) is 30.6 Å². The molecule has 11 heavy (non-hydrogen) atoms. The van der Waals surface area contributed by atoms with Crippen LogP contribution in [0.25, 0.3) is 11.7 Å². The van der Waals surface area contributed by atoms with Gasteiger partial charge in [0.05, 0.1) is 0 Å². The van der Waals surface area contributed by atoms with Crippen LogP contribution in [-0.4, -0.2) is 10.2 Å². The van der Waals surface area contributed by atoms with Crippen molar-refractivity contribution in [2.45, 2.75) is 0 Å². The van der Waals surface area contributed by atoms with Crippen molar-refractivity contribution in [1.82, 2.24) is 10.9 Å². The molecule has 0 unspecified atom stereocenters. The van der Waals surface area contributed by atoms with Crippen LogP contribution in [0, 0.1) is 0 Å². The second kappa shape index (κ2) is 12.6. The fraction of sp³-hybridized carbons (Fsp3) is 0. The molecule has 0 amide bonds. The molecule has 0 fully saturated rings. The maximum Gasteiger partial charge on any atom is 2.00 e. The molecule has 0 bridgehead atoms. The van der Waals surface area contributed by atoms with Gasteiger partial charge in [-0.2, -0.15) is 0 Å². The predicted octanol–water partition coefficient (Wildman–Crippen LogP) is -0.429. The first kappa shape index (κ1) is 17.2. The quantitative estimate of drug-likeness (QED) is 0.272. The average Bonchev–Trinajstić information content (AvgIpc) is 1.89. The Labute approximate surface area is 89.0 Å². The van der Waals surface area contributed by atoms with E-state index in [0.29, 0.717) is 0 Å². The van der Waals surface area contributed by atoms with Crippen molar-refractivity contribution in [2.24, 2.45) is 11.5 Å². The minimum absolute atomic E-state index is 0. The number of hydrogen-bond donors (Lipinski definition) is 4. The third kappa shape index (κ3) is 40.2. The molecule has 0 saturated carbocycles. The fourth-order valence-electron chi connectivity index (χ4n) is 0. The van der Waals surface area contributed by atoms with Gasteiger partial charge in [-0.25, -0.2) is 0 Å². The predicted molar refractivity (Wildman–Crippen MR) is 48.5 cm³/mol. The smallest absolute Gasteiger partial charge is 0.584 e. The zero-order valence-electron chi connectivity index (χ0n) is 5.29. The monoisotopic (exact) mass is 286 g/mol. The van der Waals surface area contributed by atoms with Crippen molar-refractivity contribution in [1.29, 1.82) is 0 Å². The van der Waals surface area contributed by atoms with Gasteiger partial charge < -0.3 is 34.0 Å². The van der Waals surface area contributed by atoms with Gasteiger partial charge in [0.2, 0.25) is 0 Å². The molecule has 0 saturated heterocycles. The van der Waals surface area contributed by atoms with Gasteiger partial charge in [0.1, 0.15) is 10.2 Å². The largest absolute Gasteiger partial charge is 2.00 e. The zero-order chi connectivity index (χ0) is 8.57. The van der Waals surface area contributed by atoms with E-state index in [1.807, 2.05) is 0 Å². The zero-order valence-corrected chi connectivity index (χ0v) is 8.48. The van der Waals surface area contributed by atoms with Gasteiger partial charge >= 0.3 is 20.4 Å². The van der Waals surface area contributed by atoms with E-state index in [9.17, 15) is 0 Å². The number of hydrogen-bond acceptors (Lipinski definition) is 2. The van der Waals surface area contributed by atoms with E-state index < -0.39 is 0 Å². The van der Waals surface area contributed by atoms with Gasteiger partial charge in [-0.05, 0) is 24.4 Å². The maximum absolute atomic E-state index is 6.14. The molecule has 9 heteroatoms. The van der Waals surface area contributed by atoms with Gasteiger partial charge in [0.15, 0.2) is 0 Å². The Morgan fingerprint density at radius 1 is 1.00 bits per heavy atom. The summed E-state index contributed by atoms with van der Waals surface area (Å²) in [5, 5.41) is 0.00926. The molecule has 8 N–H and O–H groups in total. The van der Waals surface area contributed by atoms with Crippen LogP contribution in [-0.2, 0) is 20.4 Å². The third-order valence-corrected chi connectivity index (χ3v) is 0.451. The molecule has 68 valence electrons. The second-order valence-electron chi connectivity index (χ2n) is 0.979. The summed E-state index contributed by atoms with van der Waals surface area (Å²) >= 11 is 8.35. The standard InChI is InChI=1S/2CH4N3S.Pd/c2*2-1(5)4-3;/h2*3H,(H3,2,4,5);/q2*-1;+2. The SMILES string of the molecule is [NH-]NC(N)=S.[NH-]NC(N)=S.[Pd+2]. The van der Waals surface area contributed by atoms with Crippen LogP contribution in [0.15, 0.2) is 0 Å². The Kier molecular flexibility index (Phi) is 19.7. The molecule has 0 aliphatic rings. The summed E-state index contributed by atoms with van der Waals surface area (Å²) < 4.78 is 0.